The largest absolute Gasteiger partial charge is 0.497 e. The highest BCUT2D eigenvalue weighted by molar-refractivity contribution is 5.95. The van der Waals surface area contributed by atoms with Crippen molar-refractivity contribution in [3.05, 3.63) is 59.7 Å². The fourth-order valence-electron chi connectivity index (χ4n) is 2.61. The molecule has 2 rings (SSSR count). The SMILES string of the molecule is COC(=O)C(Cc1cccc(COC(=O)Nc2ccc(OC)cc2)c1)C(=O)OC. The molecule has 0 saturated heterocycles. The number of carbonyl (C=O) groups is 3. The summed E-state index contributed by atoms with van der Waals surface area (Å²) in [5.74, 6) is -1.72. The van der Waals surface area contributed by atoms with Crippen LogP contribution in [0.3, 0.4) is 0 Å². The molecule has 0 aliphatic carbocycles. The molecule has 0 saturated carbocycles. The number of methoxy groups -OCH3 is 3. The van der Waals surface area contributed by atoms with Crippen LogP contribution in [0.2, 0.25) is 0 Å². The van der Waals surface area contributed by atoms with Crippen LogP contribution >= 0.6 is 0 Å². The quantitative estimate of drug-likeness (QED) is 0.412. The molecule has 0 spiro atoms. The average Bonchev–Trinajstić information content (AvgIpc) is 2.75. The molecule has 8 heteroatoms. The van der Waals surface area contributed by atoms with Crippen molar-refractivity contribution >= 4 is 23.7 Å². The van der Waals surface area contributed by atoms with Gasteiger partial charge in [-0.1, -0.05) is 24.3 Å². The summed E-state index contributed by atoms with van der Waals surface area (Å²) in [4.78, 5) is 35.6. The summed E-state index contributed by atoms with van der Waals surface area (Å²) < 4.78 is 19.6. The highest BCUT2D eigenvalue weighted by Crippen LogP contribution is 2.17. The molecule has 0 heterocycles. The minimum Gasteiger partial charge on any atom is -0.497 e. The Kier molecular flexibility index (Phi) is 8.02. The lowest BCUT2D eigenvalue weighted by atomic mass is 9.98. The van der Waals surface area contributed by atoms with E-state index >= 15 is 0 Å². The average molecular weight is 401 g/mol. The van der Waals surface area contributed by atoms with Crippen LogP contribution in [-0.2, 0) is 36.8 Å². The second kappa shape index (κ2) is 10.7. The predicted molar refractivity (Wildman–Crippen MR) is 104 cm³/mol. The molecule has 2 aromatic rings. The Bertz CT molecular complexity index is 832. The lowest BCUT2D eigenvalue weighted by Gasteiger charge is -2.13. The van der Waals surface area contributed by atoms with E-state index in [4.69, 9.17) is 9.47 Å². The number of hydrogen-bond donors (Lipinski definition) is 1. The van der Waals surface area contributed by atoms with Gasteiger partial charge in [-0.2, -0.15) is 0 Å². The summed E-state index contributed by atoms with van der Waals surface area (Å²) >= 11 is 0. The fourth-order valence-corrected chi connectivity index (χ4v) is 2.61. The molecular weight excluding hydrogens is 378 g/mol. The van der Waals surface area contributed by atoms with E-state index in [0.29, 0.717) is 22.6 Å². The third-order valence-electron chi connectivity index (χ3n) is 4.11. The minimum atomic E-state index is -1.06. The molecule has 29 heavy (non-hydrogen) atoms. The topological polar surface area (TPSA) is 100 Å². The zero-order valence-corrected chi connectivity index (χ0v) is 16.5. The standard InChI is InChI=1S/C21H23NO7/c1-26-17-9-7-16(8-10-17)22-21(25)29-13-15-6-4-5-14(11-15)12-18(19(23)27-2)20(24)28-3/h4-11,18H,12-13H2,1-3H3,(H,22,25). The Morgan fingerprint density at radius 2 is 1.52 bits per heavy atom. The molecule has 1 N–H and O–H groups in total. The highest BCUT2D eigenvalue weighted by atomic mass is 16.6. The van der Waals surface area contributed by atoms with Crippen molar-refractivity contribution in [3.63, 3.8) is 0 Å². The number of anilines is 1. The van der Waals surface area contributed by atoms with Crippen molar-refractivity contribution in [3.8, 4) is 5.75 Å². The number of esters is 2. The normalized spacial score (nSPS) is 10.2. The molecular formula is C21H23NO7. The second-order valence-electron chi connectivity index (χ2n) is 6.05. The zero-order chi connectivity index (χ0) is 21.2. The first-order valence-corrected chi connectivity index (χ1v) is 8.78. The molecule has 0 atom stereocenters. The summed E-state index contributed by atoms with van der Waals surface area (Å²) in [5, 5.41) is 2.62. The van der Waals surface area contributed by atoms with Crippen LogP contribution in [0.1, 0.15) is 11.1 Å². The first-order valence-electron chi connectivity index (χ1n) is 8.78. The van der Waals surface area contributed by atoms with Crippen LogP contribution in [0.4, 0.5) is 10.5 Å². The lowest BCUT2D eigenvalue weighted by Crippen LogP contribution is -2.28. The Hall–Kier alpha value is -3.55. The smallest absolute Gasteiger partial charge is 0.411 e. The van der Waals surface area contributed by atoms with Gasteiger partial charge in [-0.05, 0) is 41.8 Å². The van der Waals surface area contributed by atoms with Crippen LogP contribution in [0, 0.1) is 5.92 Å². The second-order valence-corrected chi connectivity index (χ2v) is 6.05. The Labute approximate surface area is 168 Å². The van der Waals surface area contributed by atoms with Crippen molar-refractivity contribution < 1.29 is 33.3 Å². The van der Waals surface area contributed by atoms with E-state index in [1.165, 1.54) is 14.2 Å². The molecule has 0 aromatic heterocycles. The summed E-state index contributed by atoms with van der Waals surface area (Å²) in [6.07, 6.45) is -0.492. The van der Waals surface area contributed by atoms with Crippen LogP contribution in [0.15, 0.2) is 48.5 Å². The van der Waals surface area contributed by atoms with E-state index in [2.05, 4.69) is 14.8 Å². The van der Waals surface area contributed by atoms with E-state index < -0.39 is 23.9 Å². The van der Waals surface area contributed by atoms with Gasteiger partial charge in [0.05, 0.1) is 21.3 Å². The zero-order valence-electron chi connectivity index (χ0n) is 16.5. The molecule has 0 radical (unpaired) electrons. The van der Waals surface area contributed by atoms with Gasteiger partial charge in [0.1, 0.15) is 12.4 Å². The molecule has 0 fully saturated rings. The molecule has 8 nitrogen and oxygen atoms in total. The van der Waals surface area contributed by atoms with Crippen LogP contribution in [0.5, 0.6) is 5.75 Å². The highest BCUT2D eigenvalue weighted by Gasteiger charge is 2.28. The van der Waals surface area contributed by atoms with Crippen molar-refractivity contribution in [2.45, 2.75) is 13.0 Å². The number of benzene rings is 2. The first kappa shape index (κ1) is 21.7. The molecule has 154 valence electrons. The van der Waals surface area contributed by atoms with Crippen molar-refractivity contribution in [2.75, 3.05) is 26.6 Å². The minimum absolute atomic E-state index is 0.0247. The molecule has 2 aromatic carbocycles. The van der Waals surface area contributed by atoms with Gasteiger partial charge in [-0.3, -0.25) is 14.9 Å². The number of ether oxygens (including phenoxy) is 4. The van der Waals surface area contributed by atoms with Crippen LogP contribution in [0.25, 0.3) is 0 Å². The van der Waals surface area contributed by atoms with Gasteiger partial charge in [0.25, 0.3) is 0 Å². The number of amides is 1. The summed E-state index contributed by atoms with van der Waals surface area (Å²) in [5.41, 5.74) is 1.99. The Morgan fingerprint density at radius 1 is 0.897 bits per heavy atom. The van der Waals surface area contributed by atoms with Gasteiger partial charge in [0.15, 0.2) is 5.92 Å². The van der Waals surface area contributed by atoms with E-state index in [0.717, 1.165) is 0 Å². The van der Waals surface area contributed by atoms with Gasteiger partial charge in [-0.25, -0.2) is 4.79 Å². The van der Waals surface area contributed by atoms with Crippen LogP contribution in [-0.4, -0.2) is 39.4 Å². The Balaban J connectivity index is 1.95. The van der Waals surface area contributed by atoms with E-state index in [1.54, 1.807) is 55.6 Å². The summed E-state index contributed by atoms with van der Waals surface area (Å²) in [6.45, 7) is 0.0247. The monoisotopic (exact) mass is 401 g/mol. The fraction of sp³-hybridized carbons (Fsp3) is 0.286. The van der Waals surface area contributed by atoms with Gasteiger partial charge in [-0.15, -0.1) is 0 Å². The third kappa shape index (κ3) is 6.53. The van der Waals surface area contributed by atoms with Crippen molar-refractivity contribution in [1.29, 1.82) is 0 Å². The molecule has 0 aliphatic heterocycles. The summed E-state index contributed by atoms with van der Waals surface area (Å²) in [7, 11) is 3.98. The Morgan fingerprint density at radius 3 is 2.10 bits per heavy atom. The summed E-state index contributed by atoms with van der Waals surface area (Å²) in [6, 6.07) is 13.9. The molecule has 0 aliphatic rings. The first-order chi connectivity index (χ1) is 14.0. The van der Waals surface area contributed by atoms with Gasteiger partial charge in [0, 0.05) is 5.69 Å². The lowest BCUT2D eigenvalue weighted by molar-refractivity contribution is -0.158. The maximum absolute atomic E-state index is 12.0. The molecule has 0 bridgehead atoms. The maximum Gasteiger partial charge on any atom is 0.411 e. The number of carbonyl (C=O) groups excluding carboxylic acids is 3. The van der Waals surface area contributed by atoms with Gasteiger partial charge in [0.2, 0.25) is 0 Å². The number of nitrogens with one attached hydrogen (secondary N) is 1. The van der Waals surface area contributed by atoms with Crippen LogP contribution < -0.4 is 10.1 Å². The molecule has 1 amide bonds. The number of rotatable bonds is 8. The van der Waals surface area contributed by atoms with Crippen molar-refractivity contribution in [2.24, 2.45) is 5.92 Å². The van der Waals surface area contributed by atoms with E-state index in [-0.39, 0.29) is 13.0 Å². The molecule has 0 unspecified atom stereocenters. The van der Waals surface area contributed by atoms with Gasteiger partial charge < -0.3 is 18.9 Å². The van der Waals surface area contributed by atoms with Gasteiger partial charge >= 0.3 is 18.0 Å². The van der Waals surface area contributed by atoms with Crippen molar-refractivity contribution in [1.82, 2.24) is 0 Å². The van der Waals surface area contributed by atoms with E-state index in [9.17, 15) is 14.4 Å². The van der Waals surface area contributed by atoms with E-state index in [1.807, 2.05) is 0 Å². The predicted octanol–water partition coefficient (Wildman–Crippen LogP) is 2.95. The third-order valence-corrected chi connectivity index (χ3v) is 4.11. The maximum atomic E-state index is 12.0. The number of hydrogen-bond acceptors (Lipinski definition) is 7.